The van der Waals surface area contributed by atoms with Gasteiger partial charge >= 0.3 is 7.12 Å². The van der Waals surface area contributed by atoms with E-state index in [2.05, 4.69) is 22.6 Å². The third-order valence-electron chi connectivity index (χ3n) is 6.27. The van der Waals surface area contributed by atoms with Crippen LogP contribution in [0.3, 0.4) is 0 Å². The van der Waals surface area contributed by atoms with E-state index < -0.39 is 28.3 Å². The van der Waals surface area contributed by atoms with Crippen LogP contribution in [0.25, 0.3) is 11.6 Å². The van der Waals surface area contributed by atoms with Gasteiger partial charge in [0.25, 0.3) is 0 Å². The van der Waals surface area contributed by atoms with Crippen molar-refractivity contribution in [2.75, 3.05) is 19.5 Å². The van der Waals surface area contributed by atoms with Gasteiger partial charge in [0.1, 0.15) is 0 Å². The number of aliphatic hydroxyl groups excluding tert-OH is 1. The number of halogens is 1. The van der Waals surface area contributed by atoms with E-state index in [4.69, 9.17) is 9.39 Å². The molecule has 180 valence electrons. The Bertz CT molecular complexity index is 1230. The van der Waals surface area contributed by atoms with E-state index in [9.17, 15) is 23.7 Å². The van der Waals surface area contributed by atoms with Crippen molar-refractivity contribution in [1.29, 1.82) is 0 Å². The van der Waals surface area contributed by atoms with E-state index in [1.807, 2.05) is 42.5 Å². The predicted molar refractivity (Wildman–Crippen MR) is 140 cm³/mol. The van der Waals surface area contributed by atoms with Gasteiger partial charge in [-0.3, -0.25) is 0 Å². The molecule has 4 rings (SSSR count). The van der Waals surface area contributed by atoms with E-state index >= 15 is 0 Å². The van der Waals surface area contributed by atoms with E-state index in [0.717, 1.165) is 16.7 Å². The zero-order valence-corrected chi connectivity index (χ0v) is 21.6. The summed E-state index contributed by atoms with van der Waals surface area (Å²) in [6, 6.07) is 13.4. The summed E-state index contributed by atoms with van der Waals surface area (Å²) in [6.07, 6.45) is 2.37. The number of methoxy groups -OCH3 is 1. The predicted octanol–water partition coefficient (Wildman–Crippen LogP) is 3.29. The maximum absolute atomic E-state index is 12.6. The lowest BCUT2D eigenvalue weighted by Gasteiger charge is -2.32. The molecular weight excluding hydrogens is 570 g/mol. The van der Waals surface area contributed by atoms with Crippen molar-refractivity contribution in [2.24, 2.45) is 0 Å². The van der Waals surface area contributed by atoms with E-state index in [-0.39, 0.29) is 24.4 Å². The molecule has 0 aliphatic carbocycles. The molecule has 2 aliphatic rings. The first-order chi connectivity index (χ1) is 16.2. The minimum atomic E-state index is -3.46. The summed E-state index contributed by atoms with van der Waals surface area (Å²) >= 11 is 2.05. The van der Waals surface area contributed by atoms with Crippen LogP contribution in [0.4, 0.5) is 0 Å². The zero-order valence-electron chi connectivity index (χ0n) is 18.6. The third kappa shape index (κ3) is 5.20. The first kappa shape index (κ1) is 25.2. The highest BCUT2D eigenvalue weighted by Gasteiger charge is 2.48. The molecule has 1 saturated heterocycles. The molecule has 2 aliphatic heterocycles. The number of ether oxygens (including phenoxy) is 1. The van der Waals surface area contributed by atoms with Crippen LogP contribution in [-0.2, 0) is 14.5 Å². The molecule has 7 nitrogen and oxygen atoms in total. The largest absolute Gasteiger partial charge is 0.504 e. The first-order valence-electron chi connectivity index (χ1n) is 10.9. The van der Waals surface area contributed by atoms with Gasteiger partial charge in [-0.1, -0.05) is 36.4 Å². The lowest BCUT2D eigenvalue weighted by molar-refractivity contribution is 0.169. The number of rotatable bonds is 7. The van der Waals surface area contributed by atoms with Crippen molar-refractivity contribution >= 4 is 51.2 Å². The maximum atomic E-state index is 12.6. The average Bonchev–Trinajstić information content (AvgIpc) is 3.09. The molecule has 0 amide bonds. The molecule has 10 heteroatoms. The number of aromatic hydroxyl groups is 1. The van der Waals surface area contributed by atoms with Crippen molar-refractivity contribution in [3.8, 4) is 11.5 Å². The van der Waals surface area contributed by atoms with Gasteiger partial charge in [0.2, 0.25) is 0 Å². The number of phenolic OH excluding ortho intramolecular Hbond substituents is 1. The summed E-state index contributed by atoms with van der Waals surface area (Å²) in [5.74, 6) is 0.271. The Kier molecular flexibility index (Phi) is 7.73. The SMILES string of the molecule is COc1cc(/C=C(/CC[C@H]2OB(O)C[C@H]3C2=C(CO)CS3(=O)=O)c2ccccc2)cc(I)c1O. The van der Waals surface area contributed by atoms with Gasteiger partial charge in [-0.15, -0.1) is 0 Å². The van der Waals surface area contributed by atoms with Crippen LogP contribution in [0.2, 0.25) is 6.32 Å². The highest BCUT2D eigenvalue weighted by molar-refractivity contribution is 14.1. The quantitative estimate of drug-likeness (QED) is 0.195. The number of aliphatic hydroxyl groups is 1. The fourth-order valence-electron chi connectivity index (χ4n) is 4.69. The number of fused-ring (bicyclic) bond motifs is 1. The van der Waals surface area contributed by atoms with Crippen LogP contribution in [0.15, 0.2) is 53.6 Å². The van der Waals surface area contributed by atoms with Gasteiger partial charge in [0.15, 0.2) is 21.3 Å². The molecule has 0 aromatic heterocycles. The van der Waals surface area contributed by atoms with Gasteiger partial charge in [0.05, 0.1) is 34.4 Å². The standard InChI is InChI=1S/C24H26BIO7S/c1-32-21-11-15(10-19(26)24(21)28)9-17(16-5-3-2-4-6-16)7-8-20-23-18(13-27)14-34(30,31)22(23)12-25(29)33-20/h2-6,9-11,20,22,27-29H,7-8,12-14H2,1H3/b17-9-/t20-,22+/m1/s1. The summed E-state index contributed by atoms with van der Waals surface area (Å²) in [4.78, 5) is 0. The summed E-state index contributed by atoms with van der Waals surface area (Å²) in [5, 5.41) is 29.4. The van der Waals surface area contributed by atoms with Gasteiger partial charge in [-0.25, -0.2) is 8.42 Å². The normalized spacial score (nSPS) is 22.1. The topological polar surface area (TPSA) is 113 Å². The fraction of sp³-hybridized carbons (Fsp3) is 0.333. The Labute approximate surface area is 213 Å². The van der Waals surface area contributed by atoms with Gasteiger partial charge in [-0.2, -0.15) is 0 Å². The number of sulfone groups is 1. The molecule has 0 saturated carbocycles. The van der Waals surface area contributed by atoms with Crippen molar-refractivity contribution < 1.29 is 33.0 Å². The molecule has 0 spiro atoms. The summed E-state index contributed by atoms with van der Waals surface area (Å²) in [6.45, 7) is -0.339. The van der Waals surface area contributed by atoms with Crippen LogP contribution < -0.4 is 4.74 Å². The van der Waals surface area contributed by atoms with Crippen molar-refractivity contribution in [1.82, 2.24) is 0 Å². The molecule has 2 heterocycles. The van der Waals surface area contributed by atoms with Crippen LogP contribution in [0, 0.1) is 3.57 Å². The Morgan fingerprint density at radius 1 is 1.29 bits per heavy atom. The Morgan fingerprint density at radius 2 is 2.03 bits per heavy atom. The Hall–Kier alpha value is -1.86. The molecule has 0 radical (unpaired) electrons. The van der Waals surface area contributed by atoms with Crippen LogP contribution in [0.5, 0.6) is 11.5 Å². The second-order valence-corrected chi connectivity index (χ2v) is 11.8. The number of allylic oxidation sites excluding steroid dienone is 1. The molecule has 3 N–H and O–H groups in total. The molecule has 2 aromatic rings. The van der Waals surface area contributed by atoms with E-state index in [1.165, 1.54) is 7.11 Å². The summed E-state index contributed by atoms with van der Waals surface area (Å²) in [5.41, 5.74) is 3.90. The molecule has 2 atom stereocenters. The molecule has 34 heavy (non-hydrogen) atoms. The minimum Gasteiger partial charge on any atom is -0.504 e. The number of hydrogen-bond acceptors (Lipinski definition) is 7. The second-order valence-electron chi connectivity index (χ2n) is 8.46. The maximum Gasteiger partial charge on any atom is 0.456 e. The molecular formula is C24H26BIO7S. The third-order valence-corrected chi connectivity index (χ3v) is 9.16. The minimum absolute atomic E-state index is 0.00914. The van der Waals surface area contributed by atoms with Gasteiger partial charge in [-0.05, 0) is 75.4 Å². The van der Waals surface area contributed by atoms with E-state index in [1.54, 1.807) is 6.07 Å². The van der Waals surface area contributed by atoms with E-state index in [0.29, 0.717) is 33.3 Å². The average molecular weight is 596 g/mol. The summed E-state index contributed by atoms with van der Waals surface area (Å²) < 4.78 is 37.0. The van der Waals surface area contributed by atoms with Gasteiger partial charge < -0.3 is 24.6 Å². The first-order valence-corrected chi connectivity index (χ1v) is 13.7. The van der Waals surface area contributed by atoms with Crippen molar-refractivity contribution in [2.45, 2.75) is 30.5 Å². The monoisotopic (exact) mass is 596 g/mol. The lowest BCUT2D eigenvalue weighted by Crippen LogP contribution is -2.42. The second kappa shape index (κ2) is 10.4. The van der Waals surface area contributed by atoms with Crippen LogP contribution in [0.1, 0.15) is 24.0 Å². The Balaban J connectivity index is 1.67. The highest BCUT2D eigenvalue weighted by atomic mass is 127. The number of benzene rings is 2. The number of hydrogen-bond donors (Lipinski definition) is 3. The molecule has 1 fully saturated rings. The van der Waals surface area contributed by atoms with Crippen LogP contribution in [-0.4, -0.2) is 61.6 Å². The fourth-order valence-corrected chi connectivity index (χ4v) is 7.42. The smallest absolute Gasteiger partial charge is 0.456 e. The van der Waals surface area contributed by atoms with Crippen LogP contribution >= 0.6 is 22.6 Å². The summed E-state index contributed by atoms with van der Waals surface area (Å²) in [7, 11) is -3.12. The molecule has 0 bridgehead atoms. The highest BCUT2D eigenvalue weighted by Crippen LogP contribution is 2.40. The zero-order chi connectivity index (χ0) is 24.5. The number of phenols is 1. The Morgan fingerprint density at radius 3 is 2.71 bits per heavy atom. The van der Waals surface area contributed by atoms with Crippen molar-refractivity contribution in [3.63, 3.8) is 0 Å². The van der Waals surface area contributed by atoms with Gasteiger partial charge in [0, 0.05) is 6.32 Å². The molecule has 2 aromatic carbocycles. The lowest BCUT2D eigenvalue weighted by atomic mass is 9.74. The van der Waals surface area contributed by atoms with Crippen molar-refractivity contribution in [3.05, 3.63) is 68.3 Å². The molecule has 0 unspecified atom stereocenters.